The summed E-state index contributed by atoms with van der Waals surface area (Å²) >= 11 is 1.36. The van der Waals surface area contributed by atoms with E-state index >= 15 is 0 Å². The van der Waals surface area contributed by atoms with Crippen LogP contribution in [0.15, 0.2) is 42.7 Å². The highest BCUT2D eigenvalue weighted by atomic mass is 32.1. The van der Waals surface area contributed by atoms with E-state index in [0.717, 1.165) is 17.7 Å². The van der Waals surface area contributed by atoms with Crippen LogP contribution in [0.5, 0.6) is 11.5 Å². The van der Waals surface area contributed by atoms with Crippen LogP contribution in [0.25, 0.3) is 20.9 Å². The number of esters is 1. The molecule has 1 aromatic carbocycles. The maximum absolute atomic E-state index is 14.9. The number of ether oxygens (including phenoxy) is 2. The van der Waals surface area contributed by atoms with Gasteiger partial charge in [0.1, 0.15) is 24.8 Å². The number of aliphatic hydroxyl groups is 1. The number of hydrogen-bond acceptors (Lipinski definition) is 9. The molecule has 1 fully saturated rings. The van der Waals surface area contributed by atoms with Crippen LogP contribution in [0.3, 0.4) is 0 Å². The number of benzene rings is 1. The maximum atomic E-state index is 14.9. The van der Waals surface area contributed by atoms with Crippen molar-refractivity contribution < 1.29 is 33.4 Å². The quantitative estimate of drug-likeness (QED) is 0.222. The molecule has 220 valence electrons. The first-order valence-electron chi connectivity index (χ1n) is 13.2. The van der Waals surface area contributed by atoms with Crippen molar-refractivity contribution >= 4 is 45.1 Å². The molecule has 4 aromatic rings. The first-order chi connectivity index (χ1) is 20.2. The number of imidazole rings is 1. The molecular weight excluding hydrogens is 567 g/mol. The monoisotopic (exact) mass is 596 g/mol. The number of nitrogens with one attached hydrogen (secondary N) is 2. The molecular formula is C28H29FN6O6S. The van der Waals surface area contributed by atoms with Crippen LogP contribution in [0.1, 0.15) is 25.5 Å². The molecule has 1 saturated carbocycles. The normalized spacial score (nSPS) is 12.7. The second kappa shape index (κ2) is 12.5. The Morgan fingerprint density at radius 3 is 2.71 bits per heavy atom. The van der Waals surface area contributed by atoms with Crippen LogP contribution in [-0.4, -0.2) is 68.2 Å². The topological polar surface area (TPSA) is 148 Å². The number of carbonyl (C=O) groups excluding carboxylic acids is 3. The van der Waals surface area contributed by atoms with Crippen molar-refractivity contribution in [2.75, 3.05) is 25.1 Å². The third kappa shape index (κ3) is 6.83. The summed E-state index contributed by atoms with van der Waals surface area (Å²) in [4.78, 5) is 46.4. The van der Waals surface area contributed by atoms with Gasteiger partial charge in [0.25, 0.3) is 0 Å². The molecule has 0 spiro atoms. The van der Waals surface area contributed by atoms with E-state index in [1.54, 1.807) is 31.6 Å². The fraction of sp³-hybridized carbons (Fsp3) is 0.321. The Kier molecular flexibility index (Phi) is 8.64. The van der Waals surface area contributed by atoms with E-state index in [1.807, 2.05) is 10.6 Å². The molecule has 3 heterocycles. The first kappa shape index (κ1) is 29.0. The van der Waals surface area contributed by atoms with E-state index in [0.29, 0.717) is 33.2 Å². The number of aromatic nitrogens is 3. The molecule has 1 aliphatic rings. The molecule has 0 saturated heterocycles. The smallest absolute Gasteiger partial charge is 0.319 e. The number of carbonyl (C=O) groups is 3. The molecule has 0 unspecified atom stereocenters. The predicted molar refractivity (Wildman–Crippen MR) is 153 cm³/mol. The van der Waals surface area contributed by atoms with Gasteiger partial charge in [0.2, 0.25) is 5.91 Å². The summed E-state index contributed by atoms with van der Waals surface area (Å²) in [6.07, 6.45) is 5.09. The number of aliphatic hydroxyl groups excluding tert-OH is 1. The Morgan fingerprint density at radius 2 is 2.00 bits per heavy atom. The SMILES string of the molecule is CC(=O)OCCN(Cc1cnc(-c2cc3nccc(Oc4ccc(NC(=O)NC5CC5)cc4F)c3s2)n1C)C(=O)CO. The highest BCUT2D eigenvalue weighted by Crippen LogP contribution is 2.39. The molecule has 42 heavy (non-hydrogen) atoms. The summed E-state index contributed by atoms with van der Waals surface area (Å²) in [5.74, 6) is -0.586. The molecule has 1 aliphatic carbocycles. The molecule has 3 aromatic heterocycles. The summed E-state index contributed by atoms with van der Waals surface area (Å²) in [7, 11) is 1.80. The number of thiophene rings is 1. The standard InChI is InChI=1S/C28H29FN6O6S/c1-16(37)40-10-9-35(25(38)15-36)14-19-13-31-27(34(19)2)24-12-21-26(42-24)23(7-8-30-21)41-22-6-5-18(11-20(22)29)33-28(39)32-17-3-4-17/h5-8,11-13,17,36H,3-4,9-10,14-15H2,1-2H3,(H2,32,33,39). The number of anilines is 1. The van der Waals surface area contributed by atoms with Crippen molar-refractivity contribution in [3.05, 3.63) is 54.2 Å². The third-order valence-corrected chi connectivity index (χ3v) is 7.64. The third-order valence-electron chi connectivity index (χ3n) is 6.51. The Labute approximate surface area is 244 Å². The van der Waals surface area contributed by atoms with Crippen LogP contribution in [0, 0.1) is 5.82 Å². The lowest BCUT2D eigenvalue weighted by molar-refractivity contribution is -0.144. The first-order valence-corrected chi connectivity index (χ1v) is 14.0. The van der Waals surface area contributed by atoms with Gasteiger partial charge in [0, 0.05) is 44.0 Å². The Morgan fingerprint density at radius 1 is 1.19 bits per heavy atom. The van der Waals surface area contributed by atoms with Crippen molar-refractivity contribution in [1.29, 1.82) is 0 Å². The molecule has 3 N–H and O–H groups in total. The van der Waals surface area contributed by atoms with E-state index in [9.17, 15) is 23.9 Å². The van der Waals surface area contributed by atoms with E-state index in [2.05, 4.69) is 20.6 Å². The second-order valence-electron chi connectivity index (χ2n) is 9.70. The van der Waals surface area contributed by atoms with Gasteiger partial charge in [-0.25, -0.2) is 14.2 Å². The fourth-order valence-electron chi connectivity index (χ4n) is 4.17. The van der Waals surface area contributed by atoms with Gasteiger partial charge in [-0.1, -0.05) is 0 Å². The minimum atomic E-state index is -0.675. The van der Waals surface area contributed by atoms with Gasteiger partial charge >= 0.3 is 12.0 Å². The van der Waals surface area contributed by atoms with Crippen LogP contribution in [-0.2, 0) is 27.9 Å². The Balaban J connectivity index is 1.32. The van der Waals surface area contributed by atoms with Crippen molar-refractivity contribution in [3.8, 4) is 22.2 Å². The number of fused-ring (bicyclic) bond motifs is 1. The zero-order valence-electron chi connectivity index (χ0n) is 22.9. The largest absolute Gasteiger partial charge is 0.464 e. The van der Waals surface area contributed by atoms with Gasteiger partial charge in [-0.3, -0.25) is 14.6 Å². The molecule has 5 rings (SSSR count). The Bertz CT molecular complexity index is 1630. The highest BCUT2D eigenvalue weighted by molar-refractivity contribution is 7.22. The minimum absolute atomic E-state index is 0.00608. The summed E-state index contributed by atoms with van der Waals surface area (Å²) in [6, 6.07) is 7.51. The number of urea groups is 1. The number of nitrogens with zero attached hydrogens (tertiary/aromatic N) is 4. The van der Waals surface area contributed by atoms with E-state index in [4.69, 9.17) is 9.47 Å². The van der Waals surface area contributed by atoms with Crippen molar-refractivity contribution in [2.24, 2.45) is 7.05 Å². The van der Waals surface area contributed by atoms with Gasteiger partial charge < -0.3 is 34.7 Å². The van der Waals surface area contributed by atoms with Crippen LogP contribution in [0.2, 0.25) is 0 Å². The van der Waals surface area contributed by atoms with Gasteiger partial charge in [0.15, 0.2) is 11.6 Å². The fourth-order valence-corrected chi connectivity index (χ4v) is 5.27. The number of hydrogen-bond donors (Lipinski definition) is 3. The number of pyridine rings is 1. The van der Waals surface area contributed by atoms with Gasteiger partial charge in [-0.05, 0) is 31.0 Å². The lowest BCUT2D eigenvalue weighted by Crippen LogP contribution is -2.36. The molecule has 0 bridgehead atoms. The molecule has 12 nitrogen and oxygen atoms in total. The molecule has 0 aliphatic heterocycles. The summed E-state index contributed by atoms with van der Waals surface area (Å²) in [6.45, 7) is 0.879. The molecule has 3 amide bonds. The summed E-state index contributed by atoms with van der Waals surface area (Å²) < 4.78 is 28.3. The number of amides is 3. The predicted octanol–water partition coefficient (Wildman–Crippen LogP) is 3.80. The van der Waals surface area contributed by atoms with Crippen molar-refractivity contribution in [2.45, 2.75) is 32.4 Å². The minimum Gasteiger partial charge on any atom is -0.464 e. The molecule has 14 heteroatoms. The maximum Gasteiger partial charge on any atom is 0.319 e. The lowest BCUT2D eigenvalue weighted by atomic mass is 10.3. The van der Waals surface area contributed by atoms with E-state index in [-0.39, 0.29) is 37.5 Å². The van der Waals surface area contributed by atoms with Gasteiger partial charge in [0.05, 0.1) is 40.1 Å². The summed E-state index contributed by atoms with van der Waals surface area (Å²) in [5.41, 5.74) is 1.64. The summed E-state index contributed by atoms with van der Waals surface area (Å²) in [5, 5.41) is 14.8. The van der Waals surface area contributed by atoms with Crippen LogP contribution in [0.4, 0.5) is 14.9 Å². The molecule has 0 radical (unpaired) electrons. The van der Waals surface area contributed by atoms with Crippen LogP contribution >= 0.6 is 11.3 Å². The van der Waals surface area contributed by atoms with E-state index < -0.39 is 24.3 Å². The van der Waals surface area contributed by atoms with Gasteiger partial charge in [-0.15, -0.1) is 11.3 Å². The number of rotatable bonds is 11. The molecule has 0 atom stereocenters. The highest BCUT2D eigenvalue weighted by Gasteiger charge is 2.23. The van der Waals surface area contributed by atoms with Gasteiger partial charge in [-0.2, -0.15) is 0 Å². The van der Waals surface area contributed by atoms with Crippen molar-refractivity contribution in [1.82, 2.24) is 24.8 Å². The Hall–Kier alpha value is -4.56. The lowest BCUT2D eigenvalue weighted by Gasteiger charge is -2.21. The second-order valence-corrected chi connectivity index (χ2v) is 10.8. The van der Waals surface area contributed by atoms with E-state index in [1.165, 1.54) is 35.3 Å². The van der Waals surface area contributed by atoms with Crippen molar-refractivity contribution in [3.63, 3.8) is 0 Å². The zero-order chi connectivity index (χ0) is 29.8. The average Bonchev–Trinajstić information content (AvgIpc) is 3.53. The zero-order valence-corrected chi connectivity index (χ0v) is 23.7. The number of halogens is 1. The average molecular weight is 597 g/mol. The van der Waals surface area contributed by atoms with Crippen LogP contribution < -0.4 is 15.4 Å².